The fourth-order valence-electron chi connectivity index (χ4n) is 1.50. The number of aromatic nitrogens is 1. The highest BCUT2D eigenvalue weighted by atomic mass is 79.9. The van der Waals surface area contributed by atoms with E-state index in [0.29, 0.717) is 9.50 Å². The minimum absolute atomic E-state index is 0.0735. The zero-order valence-electron chi connectivity index (χ0n) is 9.98. The third-order valence-electron chi connectivity index (χ3n) is 2.42. The average Bonchev–Trinajstić information content (AvgIpc) is 2.39. The maximum atomic E-state index is 12.2. The van der Waals surface area contributed by atoms with E-state index in [0.717, 1.165) is 5.56 Å². The fraction of sp³-hybridized carbons (Fsp3) is 0.0833. The summed E-state index contributed by atoms with van der Waals surface area (Å²) < 4.78 is 27.3. The van der Waals surface area contributed by atoms with Crippen molar-refractivity contribution in [1.29, 1.82) is 0 Å². The second-order valence-electron chi connectivity index (χ2n) is 3.90. The molecule has 0 saturated carbocycles. The molecule has 0 aliphatic carbocycles. The molecule has 2 aromatic rings. The predicted molar refractivity (Wildman–Crippen MR) is 82.4 cm³/mol. The van der Waals surface area contributed by atoms with Crippen molar-refractivity contribution in [3.05, 3.63) is 56.7 Å². The summed E-state index contributed by atoms with van der Waals surface area (Å²) in [6, 6.07) is 8.32. The van der Waals surface area contributed by atoms with E-state index >= 15 is 0 Å². The predicted octanol–water partition coefficient (Wildman–Crippen LogP) is 3.63. The van der Waals surface area contributed by atoms with Crippen molar-refractivity contribution in [3.63, 3.8) is 0 Å². The molecule has 0 aliphatic rings. The Morgan fingerprint density at radius 3 is 2.70 bits per heavy atom. The van der Waals surface area contributed by atoms with Gasteiger partial charge >= 0.3 is 0 Å². The summed E-state index contributed by atoms with van der Waals surface area (Å²) in [7, 11) is -3.74. The molecule has 0 saturated heterocycles. The Labute approximate surface area is 135 Å². The Morgan fingerprint density at radius 2 is 2.00 bits per heavy atom. The molecule has 8 heteroatoms. The van der Waals surface area contributed by atoms with Crippen molar-refractivity contribution >= 4 is 49.2 Å². The van der Waals surface area contributed by atoms with Crippen molar-refractivity contribution in [3.8, 4) is 0 Å². The van der Waals surface area contributed by atoms with Crippen molar-refractivity contribution in [2.24, 2.45) is 0 Å². The van der Waals surface area contributed by atoms with Gasteiger partial charge in [0.25, 0.3) is 0 Å². The minimum Gasteiger partial charge on any atom is -0.242 e. The lowest BCUT2D eigenvalue weighted by Crippen LogP contribution is -2.23. The van der Waals surface area contributed by atoms with Crippen LogP contribution in [0.4, 0.5) is 0 Å². The molecule has 1 aromatic carbocycles. The first-order chi connectivity index (χ1) is 9.38. The molecule has 20 heavy (non-hydrogen) atoms. The summed E-state index contributed by atoms with van der Waals surface area (Å²) in [6.07, 6.45) is 1.43. The molecule has 0 fully saturated rings. The summed E-state index contributed by atoms with van der Waals surface area (Å²) in [5, 5.41) is 0.468. The highest BCUT2D eigenvalue weighted by Crippen LogP contribution is 2.22. The summed E-state index contributed by atoms with van der Waals surface area (Å²) in [4.78, 5) is 3.72. The Bertz CT molecular complexity index is 738. The Kier molecular flexibility index (Phi) is 5.04. The van der Waals surface area contributed by atoms with Crippen LogP contribution in [-0.2, 0) is 16.6 Å². The van der Waals surface area contributed by atoms with E-state index in [9.17, 15) is 8.42 Å². The average molecular weight is 396 g/mol. The van der Waals surface area contributed by atoms with Crippen LogP contribution in [0.1, 0.15) is 5.56 Å². The number of nitrogens with one attached hydrogen (secondary N) is 1. The van der Waals surface area contributed by atoms with Crippen LogP contribution >= 0.6 is 39.1 Å². The first kappa shape index (κ1) is 15.7. The fourth-order valence-corrected chi connectivity index (χ4v) is 3.67. The third kappa shape index (κ3) is 3.93. The van der Waals surface area contributed by atoms with Gasteiger partial charge < -0.3 is 0 Å². The topological polar surface area (TPSA) is 59.1 Å². The summed E-state index contributed by atoms with van der Waals surface area (Å²) in [5.41, 5.74) is 0.750. The van der Waals surface area contributed by atoms with Crippen LogP contribution in [0.15, 0.2) is 45.9 Å². The second-order valence-corrected chi connectivity index (χ2v) is 7.34. The number of sulfonamides is 1. The van der Waals surface area contributed by atoms with Crippen molar-refractivity contribution < 1.29 is 8.42 Å². The van der Waals surface area contributed by atoms with Crippen LogP contribution < -0.4 is 4.72 Å². The van der Waals surface area contributed by atoms with Gasteiger partial charge in [0.05, 0.1) is 0 Å². The van der Waals surface area contributed by atoms with Crippen molar-refractivity contribution in [1.82, 2.24) is 9.71 Å². The monoisotopic (exact) mass is 394 g/mol. The molecular formula is C12H9BrCl2N2O2S. The minimum atomic E-state index is -3.74. The summed E-state index contributed by atoms with van der Waals surface area (Å²) in [6.45, 7) is 0.117. The quantitative estimate of drug-likeness (QED) is 0.804. The van der Waals surface area contributed by atoms with Gasteiger partial charge in [-0.1, -0.05) is 35.3 Å². The van der Waals surface area contributed by atoms with E-state index in [-0.39, 0.29) is 16.6 Å². The molecule has 1 heterocycles. The molecule has 1 aromatic heterocycles. The largest absolute Gasteiger partial charge is 0.243 e. The van der Waals surface area contributed by atoms with E-state index in [1.807, 2.05) is 0 Å². The SMILES string of the molecule is O=S(=O)(NCc1cccc(Cl)c1)c1cc(Br)cnc1Cl. The van der Waals surface area contributed by atoms with Crippen LogP contribution in [-0.4, -0.2) is 13.4 Å². The number of nitrogens with zero attached hydrogens (tertiary/aromatic N) is 1. The molecule has 106 valence electrons. The molecule has 0 bridgehead atoms. The standard InChI is InChI=1S/C12H9BrCl2N2O2S/c13-9-5-11(12(15)16-7-9)20(18,19)17-6-8-2-1-3-10(14)4-8/h1-5,7,17H,6H2. The lowest BCUT2D eigenvalue weighted by molar-refractivity contribution is 0.581. The molecule has 2 rings (SSSR count). The van der Waals surface area contributed by atoms with Crippen LogP contribution in [0.3, 0.4) is 0 Å². The Balaban J connectivity index is 2.21. The van der Waals surface area contributed by atoms with Crippen LogP contribution in [0, 0.1) is 0 Å². The number of benzene rings is 1. The first-order valence-electron chi connectivity index (χ1n) is 5.43. The van der Waals surface area contributed by atoms with Gasteiger partial charge in [-0.15, -0.1) is 0 Å². The van der Waals surface area contributed by atoms with Crippen molar-refractivity contribution in [2.75, 3.05) is 0 Å². The Hall–Kier alpha value is -0.660. The zero-order chi connectivity index (χ0) is 14.8. The maximum absolute atomic E-state index is 12.2. The van der Waals surface area contributed by atoms with Gasteiger partial charge in [-0.05, 0) is 39.7 Å². The van der Waals surface area contributed by atoms with Crippen LogP contribution in [0.2, 0.25) is 10.2 Å². The molecule has 0 radical (unpaired) electrons. The number of halogens is 3. The van der Waals surface area contributed by atoms with E-state index in [1.165, 1.54) is 12.3 Å². The second kappa shape index (κ2) is 6.41. The molecule has 1 N–H and O–H groups in total. The van der Waals surface area contributed by atoms with Gasteiger partial charge in [-0.2, -0.15) is 0 Å². The lowest BCUT2D eigenvalue weighted by Gasteiger charge is -2.08. The summed E-state index contributed by atoms with van der Waals surface area (Å²) >= 11 is 14.8. The molecule has 0 atom stereocenters. The molecule has 0 amide bonds. The maximum Gasteiger partial charge on any atom is 0.243 e. The summed E-state index contributed by atoms with van der Waals surface area (Å²) in [5.74, 6) is 0. The van der Waals surface area contributed by atoms with Crippen molar-refractivity contribution in [2.45, 2.75) is 11.4 Å². The lowest BCUT2D eigenvalue weighted by atomic mass is 10.2. The van der Waals surface area contributed by atoms with Gasteiger partial charge in [0.2, 0.25) is 10.0 Å². The van der Waals surface area contributed by atoms with Crippen LogP contribution in [0.5, 0.6) is 0 Å². The zero-order valence-corrected chi connectivity index (χ0v) is 13.9. The van der Waals surface area contributed by atoms with Gasteiger partial charge in [0.15, 0.2) is 0 Å². The number of rotatable bonds is 4. The van der Waals surface area contributed by atoms with E-state index in [2.05, 4.69) is 25.6 Å². The smallest absolute Gasteiger partial charge is 0.242 e. The molecular weight excluding hydrogens is 387 g/mol. The molecule has 0 spiro atoms. The number of hydrogen-bond donors (Lipinski definition) is 1. The normalized spacial score (nSPS) is 11.6. The van der Waals surface area contributed by atoms with Crippen LogP contribution in [0.25, 0.3) is 0 Å². The number of pyridine rings is 1. The molecule has 0 aliphatic heterocycles. The van der Waals surface area contributed by atoms with Gasteiger partial charge in [-0.25, -0.2) is 18.1 Å². The molecule has 4 nitrogen and oxygen atoms in total. The van der Waals surface area contributed by atoms with Gasteiger partial charge in [-0.3, -0.25) is 0 Å². The van der Waals surface area contributed by atoms with Gasteiger partial charge in [0, 0.05) is 22.2 Å². The van der Waals surface area contributed by atoms with E-state index in [1.54, 1.807) is 24.3 Å². The highest BCUT2D eigenvalue weighted by Gasteiger charge is 2.19. The highest BCUT2D eigenvalue weighted by molar-refractivity contribution is 9.10. The number of hydrogen-bond acceptors (Lipinski definition) is 3. The van der Waals surface area contributed by atoms with E-state index < -0.39 is 10.0 Å². The third-order valence-corrected chi connectivity index (χ3v) is 4.92. The first-order valence-corrected chi connectivity index (χ1v) is 8.47. The Morgan fingerprint density at radius 1 is 1.25 bits per heavy atom. The van der Waals surface area contributed by atoms with E-state index in [4.69, 9.17) is 23.2 Å². The molecule has 0 unspecified atom stereocenters. The van der Waals surface area contributed by atoms with Gasteiger partial charge in [0.1, 0.15) is 10.0 Å².